The monoisotopic (exact) mass is 264 g/mol. The van der Waals surface area contributed by atoms with Crippen molar-refractivity contribution in [1.29, 1.82) is 0 Å². The van der Waals surface area contributed by atoms with Gasteiger partial charge in [-0.1, -0.05) is 0 Å². The minimum Gasteiger partial charge on any atom is -0.394 e. The summed E-state index contributed by atoms with van der Waals surface area (Å²) < 4.78 is 1.79. The van der Waals surface area contributed by atoms with Crippen LogP contribution < -0.4 is 10.6 Å². The summed E-state index contributed by atoms with van der Waals surface area (Å²) in [5.41, 5.74) is 1.68. The molecule has 1 saturated heterocycles. The molecule has 2 heterocycles. The largest absolute Gasteiger partial charge is 0.394 e. The number of aromatic nitrogens is 2. The highest BCUT2D eigenvalue weighted by atomic mass is 16.3. The van der Waals surface area contributed by atoms with Gasteiger partial charge in [-0.2, -0.15) is 5.10 Å². The number of aliphatic hydroxyl groups excluding tert-OH is 1. The van der Waals surface area contributed by atoms with Crippen LogP contribution in [0.3, 0.4) is 0 Å². The van der Waals surface area contributed by atoms with Crippen LogP contribution in [0.1, 0.15) is 32.1 Å². The number of hydrogen-bond donors (Lipinski definition) is 3. The highest BCUT2D eigenvalue weighted by Gasteiger charge is 2.37. The average molecular weight is 264 g/mol. The Morgan fingerprint density at radius 2 is 2.26 bits per heavy atom. The molecule has 5 nitrogen and oxygen atoms in total. The van der Waals surface area contributed by atoms with Gasteiger partial charge in [0.15, 0.2) is 0 Å². The third-order valence-electron chi connectivity index (χ3n) is 4.71. The maximum absolute atomic E-state index is 8.88. The fourth-order valence-electron chi connectivity index (χ4n) is 3.50. The summed E-state index contributed by atoms with van der Waals surface area (Å²) in [6.45, 7) is 3.13. The third kappa shape index (κ3) is 2.92. The lowest BCUT2D eigenvalue weighted by molar-refractivity contribution is 0.206. The molecule has 19 heavy (non-hydrogen) atoms. The first-order valence-electron chi connectivity index (χ1n) is 7.40. The molecule has 1 aromatic heterocycles. The Kier molecular flexibility index (Phi) is 3.75. The highest BCUT2D eigenvalue weighted by Crippen LogP contribution is 2.41. The molecule has 0 bridgehead atoms. The molecule has 1 spiro atoms. The van der Waals surface area contributed by atoms with Gasteiger partial charge < -0.3 is 15.7 Å². The van der Waals surface area contributed by atoms with E-state index in [2.05, 4.69) is 15.7 Å². The molecule has 0 unspecified atom stereocenters. The third-order valence-corrected chi connectivity index (χ3v) is 4.71. The van der Waals surface area contributed by atoms with Crippen LogP contribution >= 0.6 is 0 Å². The van der Waals surface area contributed by atoms with Crippen LogP contribution in [-0.4, -0.2) is 40.6 Å². The Balaban J connectivity index is 1.51. The summed E-state index contributed by atoms with van der Waals surface area (Å²) in [7, 11) is 0. The van der Waals surface area contributed by atoms with Crippen molar-refractivity contribution in [2.24, 2.45) is 5.41 Å². The molecule has 5 heteroatoms. The van der Waals surface area contributed by atoms with Crippen molar-refractivity contribution in [3.05, 3.63) is 12.4 Å². The normalized spacial score (nSPS) is 30.9. The van der Waals surface area contributed by atoms with E-state index in [1.54, 1.807) is 4.68 Å². The van der Waals surface area contributed by atoms with Crippen LogP contribution in [0.5, 0.6) is 0 Å². The van der Waals surface area contributed by atoms with E-state index in [-0.39, 0.29) is 6.61 Å². The van der Waals surface area contributed by atoms with Crippen molar-refractivity contribution in [3.8, 4) is 0 Å². The molecule has 0 radical (unpaired) electrons. The second kappa shape index (κ2) is 5.51. The first-order chi connectivity index (χ1) is 9.30. The Bertz CT molecular complexity index is 401. The molecule has 3 N–H and O–H groups in total. The Morgan fingerprint density at radius 3 is 2.95 bits per heavy atom. The van der Waals surface area contributed by atoms with E-state index in [1.807, 2.05) is 12.4 Å². The van der Waals surface area contributed by atoms with Gasteiger partial charge in [0.1, 0.15) is 0 Å². The molecule has 1 saturated carbocycles. The molecule has 106 valence electrons. The SMILES string of the molecule is OCCn1cc(N[C@H]2CC[C@]3(CCNC3)CC2)cn1. The number of rotatable bonds is 4. The second-order valence-electron chi connectivity index (χ2n) is 6.06. The standard InChI is InChI=1S/C14H24N4O/c19-8-7-18-10-13(9-16-18)17-12-1-3-14(4-2-12)5-6-15-11-14/h9-10,12,15,17,19H,1-8,11H2/t12-,14+. The van der Waals surface area contributed by atoms with Gasteiger partial charge in [-0.05, 0) is 44.1 Å². The quantitative estimate of drug-likeness (QED) is 0.765. The van der Waals surface area contributed by atoms with Crippen molar-refractivity contribution in [2.45, 2.75) is 44.7 Å². The minimum atomic E-state index is 0.139. The van der Waals surface area contributed by atoms with E-state index in [4.69, 9.17) is 5.11 Å². The minimum absolute atomic E-state index is 0.139. The van der Waals surface area contributed by atoms with E-state index < -0.39 is 0 Å². The van der Waals surface area contributed by atoms with Gasteiger partial charge in [0.05, 0.1) is 25.0 Å². The summed E-state index contributed by atoms with van der Waals surface area (Å²) in [6, 6.07) is 0.581. The van der Waals surface area contributed by atoms with Crippen molar-refractivity contribution in [1.82, 2.24) is 15.1 Å². The lowest BCUT2D eigenvalue weighted by atomic mass is 9.72. The Hall–Kier alpha value is -1.07. The van der Waals surface area contributed by atoms with E-state index in [9.17, 15) is 0 Å². The lowest BCUT2D eigenvalue weighted by Gasteiger charge is -2.37. The predicted octanol–water partition coefficient (Wildman–Crippen LogP) is 1.21. The van der Waals surface area contributed by atoms with Gasteiger partial charge in [-0.3, -0.25) is 4.68 Å². The summed E-state index contributed by atoms with van der Waals surface area (Å²) in [6.07, 6.45) is 10.4. The fourth-order valence-corrected chi connectivity index (χ4v) is 3.50. The van der Waals surface area contributed by atoms with Crippen LogP contribution in [0.25, 0.3) is 0 Å². The summed E-state index contributed by atoms with van der Waals surface area (Å²) in [5, 5.41) is 20.2. The van der Waals surface area contributed by atoms with Crippen LogP contribution in [-0.2, 0) is 6.54 Å². The summed E-state index contributed by atoms with van der Waals surface area (Å²) in [4.78, 5) is 0. The number of anilines is 1. The number of nitrogens with zero attached hydrogens (tertiary/aromatic N) is 2. The smallest absolute Gasteiger partial charge is 0.0728 e. The highest BCUT2D eigenvalue weighted by molar-refractivity contribution is 5.39. The van der Waals surface area contributed by atoms with E-state index in [0.29, 0.717) is 18.0 Å². The molecule has 0 amide bonds. The number of aliphatic hydroxyl groups is 1. The zero-order valence-electron chi connectivity index (χ0n) is 11.4. The van der Waals surface area contributed by atoms with Gasteiger partial charge in [0, 0.05) is 18.8 Å². The average Bonchev–Trinajstić information content (AvgIpc) is 3.04. The zero-order chi connectivity index (χ0) is 13.1. The molecular weight excluding hydrogens is 240 g/mol. The summed E-state index contributed by atoms with van der Waals surface area (Å²) in [5.74, 6) is 0. The van der Waals surface area contributed by atoms with Crippen LogP contribution in [0.2, 0.25) is 0 Å². The van der Waals surface area contributed by atoms with Crippen LogP contribution in [0.15, 0.2) is 12.4 Å². The van der Waals surface area contributed by atoms with Gasteiger partial charge in [0.2, 0.25) is 0 Å². The van der Waals surface area contributed by atoms with Crippen molar-refractivity contribution < 1.29 is 5.11 Å². The molecule has 2 aliphatic rings. The van der Waals surface area contributed by atoms with E-state index >= 15 is 0 Å². The van der Waals surface area contributed by atoms with Gasteiger partial charge in [-0.15, -0.1) is 0 Å². The molecule has 1 aliphatic carbocycles. The lowest BCUT2D eigenvalue weighted by Crippen LogP contribution is -2.34. The van der Waals surface area contributed by atoms with E-state index in [0.717, 1.165) is 5.69 Å². The van der Waals surface area contributed by atoms with Gasteiger partial charge >= 0.3 is 0 Å². The molecule has 3 rings (SSSR count). The molecule has 1 aromatic rings. The first-order valence-corrected chi connectivity index (χ1v) is 7.40. The topological polar surface area (TPSA) is 62.1 Å². The fraction of sp³-hybridized carbons (Fsp3) is 0.786. The Labute approximate surface area is 114 Å². The second-order valence-corrected chi connectivity index (χ2v) is 6.06. The zero-order valence-corrected chi connectivity index (χ0v) is 11.4. The van der Waals surface area contributed by atoms with Crippen molar-refractivity contribution in [2.75, 3.05) is 25.0 Å². The molecule has 0 atom stereocenters. The molecule has 2 fully saturated rings. The number of hydrogen-bond acceptors (Lipinski definition) is 4. The van der Waals surface area contributed by atoms with Crippen LogP contribution in [0, 0.1) is 5.41 Å². The predicted molar refractivity (Wildman–Crippen MR) is 75.1 cm³/mol. The van der Waals surface area contributed by atoms with Crippen LogP contribution in [0.4, 0.5) is 5.69 Å². The first kappa shape index (κ1) is 12.9. The molecule has 1 aliphatic heterocycles. The van der Waals surface area contributed by atoms with Gasteiger partial charge in [-0.25, -0.2) is 0 Å². The number of nitrogens with one attached hydrogen (secondary N) is 2. The maximum atomic E-state index is 8.88. The molecular formula is C14H24N4O. The van der Waals surface area contributed by atoms with Crippen molar-refractivity contribution in [3.63, 3.8) is 0 Å². The van der Waals surface area contributed by atoms with Crippen molar-refractivity contribution >= 4 is 5.69 Å². The summed E-state index contributed by atoms with van der Waals surface area (Å²) >= 11 is 0. The van der Waals surface area contributed by atoms with E-state index in [1.165, 1.54) is 45.2 Å². The Morgan fingerprint density at radius 1 is 1.42 bits per heavy atom. The maximum Gasteiger partial charge on any atom is 0.0728 e. The molecule has 0 aromatic carbocycles. The van der Waals surface area contributed by atoms with Gasteiger partial charge in [0.25, 0.3) is 0 Å².